The van der Waals surface area contributed by atoms with E-state index >= 15 is 0 Å². The molecule has 0 saturated carbocycles. The van der Waals surface area contributed by atoms with Crippen molar-refractivity contribution in [2.75, 3.05) is 58.3 Å². The molecule has 1 fully saturated rings. The summed E-state index contributed by atoms with van der Waals surface area (Å²) in [5.41, 5.74) is 2.38. The third kappa shape index (κ3) is 7.84. The molecular formula is C20H33F3IN5. The molecule has 1 heterocycles. The van der Waals surface area contributed by atoms with Crippen LogP contribution in [-0.2, 0) is 6.42 Å². The molecule has 1 saturated heterocycles. The normalized spacial score (nSPS) is 16.9. The Morgan fingerprint density at radius 1 is 1.14 bits per heavy atom. The Hall–Kier alpha value is -1.23. The molecule has 0 amide bonds. The van der Waals surface area contributed by atoms with E-state index in [0.29, 0.717) is 32.7 Å². The summed E-state index contributed by atoms with van der Waals surface area (Å²) in [6.07, 6.45) is -3.35. The number of anilines is 1. The molecule has 1 aliphatic heterocycles. The fraction of sp³-hybridized carbons (Fsp3) is 0.650. The maximum absolute atomic E-state index is 12.9. The largest absolute Gasteiger partial charge is 0.403 e. The van der Waals surface area contributed by atoms with Crippen LogP contribution in [0.1, 0.15) is 19.4 Å². The van der Waals surface area contributed by atoms with E-state index in [1.165, 1.54) is 17.4 Å². The molecule has 2 rings (SSSR count). The van der Waals surface area contributed by atoms with Crippen molar-refractivity contribution in [3.63, 3.8) is 0 Å². The average Bonchev–Trinajstić information content (AvgIpc) is 2.66. The third-order valence-corrected chi connectivity index (χ3v) is 5.08. The van der Waals surface area contributed by atoms with Crippen LogP contribution in [0.25, 0.3) is 0 Å². The second-order valence-electron chi connectivity index (χ2n) is 7.29. The second kappa shape index (κ2) is 11.8. The van der Waals surface area contributed by atoms with Crippen LogP contribution >= 0.6 is 24.0 Å². The number of alkyl halides is 3. The molecule has 0 spiro atoms. The number of hydrogen-bond donors (Lipinski definition) is 1. The third-order valence-electron chi connectivity index (χ3n) is 5.08. The zero-order valence-electron chi connectivity index (χ0n) is 17.7. The van der Waals surface area contributed by atoms with Gasteiger partial charge in [0, 0.05) is 59.1 Å². The van der Waals surface area contributed by atoms with Crippen LogP contribution in [0.15, 0.2) is 29.3 Å². The molecular weight excluding hydrogens is 494 g/mol. The van der Waals surface area contributed by atoms with E-state index in [9.17, 15) is 13.2 Å². The lowest BCUT2D eigenvalue weighted by molar-refractivity contribution is -0.181. The highest BCUT2D eigenvalue weighted by Gasteiger charge is 2.41. The number of hydrogen-bond acceptors (Lipinski definition) is 3. The van der Waals surface area contributed by atoms with Crippen LogP contribution in [0.5, 0.6) is 0 Å². The molecule has 0 radical (unpaired) electrons. The van der Waals surface area contributed by atoms with Gasteiger partial charge in [-0.25, -0.2) is 0 Å². The Morgan fingerprint density at radius 2 is 1.72 bits per heavy atom. The highest BCUT2D eigenvalue weighted by molar-refractivity contribution is 14.0. The zero-order chi connectivity index (χ0) is 20.7. The Kier molecular flexibility index (Phi) is 10.5. The van der Waals surface area contributed by atoms with Crippen molar-refractivity contribution in [2.45, 2.75) is 32.5 Å². The van der Waals surface area contributed by atoms with Crippen molar-refractivity contribution in [1.82, 2.24) is 15.1 Å². The molecule has 1 aromatic carbocycles. The summed E-state index contributed by atoms with van der Waals surface area (Å²) in [5.74, 6) is 0.784. The number of rotatable bonds is 6. The molecule has 0 bridgehead atoms. The van der Waals surface area contributed by atoms with Gasteiger partial charge >= 0.3 is 6.18 Å². The van der Waals surface area contributed by atoms with Crippen LogP contribution in [-0.4, -0.2) is 81.3 Å². The van der Waals surface area contributed by atoms with E-state index in [-0.39, 0.29) is 24.0 Å². The lowest BCUT2D eigenvalue weighted by atomic mass is 10.1. The van der Waals surface area contributed by atoms with Gasteiger partial charge in [-0.05, 0) is 38.0 Å². The molecule has 1 unspecified atom stereocenters. The maximum atomic E-state index is 12.9. The molecule has 29 heavy (non-hydrogen) atoms. The van der Waals surface area contributed by atoms with Gasteiger partial charge < -0.3 is 15.1 Å². The van der Waals surface area contributed by atoms with Crippen molar-refractivity contribution in [3.05, 3.63) is 29.8 Å². The van der Waals surface area contributed by atoms with Crippen LogP contribution in [0, 0.1) is 0 Å². The minimum absolute atomic E-state index is 0. The molecule has 1 aromatic rings. The summed E-state index contributed by atoms with van der Waals surface area (Å²) in [4.78, 5) is 10.3. The predicted octanol–water partition coefficient (Wildman–Crippen LogP) is 3.45. The number of aliphatic imine (C=N–C) groups is 1. The van der Waals surface area contributed by atoms with Gasteiger partial charge in [0.2, 0.25) is 0 Å². The number of guanidine groups is 1. The fourth-order valence-corrected chi connectivity index (χ4v) is 3.21. The van der Waals surface area contributed by atoms with E-state index in [1.807, 2.05) is 21.0 Å². The molecule has 1 atom stereocenters. The number of halogens is 4. The predicted molar refractivity (Wildman–Crippen MR) is 125 cm³/mol. The maximum Gasteiger partial charge on any atom is 0.403 e. The van der Waals surface area contributed by atoms with Gasteiger partial charge in [0.05, 0.1) is 0 Å². The summed E-state index contributed by atoms with van der Waals surface area (Å²) >= 11 is 0. The quantitative estimate of drug-likeness (QED) is 0.349. The first-order valence-corrected chi connectivity index (χ1v) is 9.82. The molecule has 9 heteroatoms. The zero-order valence-corrected chi connectivity index (χ0v) is 20.0. The minimum atomic E-state index is -4.18. The van der Waals surface area contributed by atoms with Crippen LogP contribution in [0.4, 0.5) is 18.9 Å². The van der Waals surface area contributed by atoms with Crippen LogP contribution in [0.3, 0.4) is 0 Å². The number of nitrogens with one attached hydrogen (secondary N) is 1. The van der Waals surface area contributed by atoms with Gasteiger partial charge in [-0.3, -0.25) is 9.89 Å². The van der Waals surface area contributed by atoms with Crippen molar-refractivity contribution < 1.29 is 13.2 Å². The molecule has 0 aromatic heterocycles. The molecule has 1 N–H and O–H groups in total. The average molecular weight is 527 g/mol. The lowest BCUT2D eigenvalue weighted by Crippen LogP contribution is -2.56. The van der Waals surface area contributed by atoms with Crippen molar-refractivity contribution in [1.29, 1.82) is 0 Å². The highest BCUT2D eigenvalue weighted by atomic mass is 127. The van der Waals surface area contributed by atoms with Crippen LogP contribution < -0.4 is 10.2 Å². The molecule has 5 nitrogen and oxygen atoms in total. The summed E-state index contributed by atoms with van der Waals surface area (Å²) in [5, 5.41) is 3.27. The summed E-state index contributed by atoms with van der Waals surface area (Å²) in [6.45, 7) is 6.47. The second-order valence-corrected chi connectivity index (χ2v) is 7.29. The number of benzene rings is 1. The van der Waals surface area contributed by atoms with E-state index in [2.05, 4.69) is 44.4 Å². The first-order valence-electron chi connectivity index (χ1n) is 9.82. The van der Waals surface area contributed by atoms with E-state index in [4.69, 9.17) is 0 Å². The fourth-order valence-electron chi connectivity index (χ4n) is 3.21. The summed E-state index contributed by atoms with van der Waals surface area (Å²) in [7, 11) is 4.02. The number of nitrogens with zero attached hydrogens (tertiary/aromatic N) is 4. The van der Waals surface area contributed by atoms with Crippen molar-refractivity contribution in [2.24, 2.45) is 4.99 Å². The van der Waals surface area contributed by atoms with Gasteiger partial charge in [0.1, 0.15) is 6.04 Å². The molecule has 0 aliphatic carbocycles. The lowest BCUT2D eigenvalue weighted by Gasteiger charge is -2.39. The smallest absolute Gasteiger partial charge is 0.378 e. The van der Waals surface area contributed by atoms with Gasteiger partial charge in [-0.2, -0.15) is 13.2 Å². The monoisotopic (exact) mass is 527 g/mol. The van der Waals surface area contributed by atoms with Gasteiger partial charge in [0.15, 0.2) is 5.96 Å². The number of piperazine rings is 1. The molecule has 1 aliphatic rings. The summed E-state index contributed by atoms with van der Waals surface area (Å²) < 4.78 is 38.7. The Morgan fingerprint density at radius 3 is 2.21 bits per heavy atom. The van der Waals surface area contributed by atoms with E-state index in [0.717, 1.165) is 24.6 Å². The minimum Gasteiger partial charge on any atom is -0.378 e. The first kappa shape index (κ1) is 25.8. The standard InChI is InChI=1S/C20H32F3N5.HI/c1-5-24-19(25-11-10-17-6-8-18(9-7-17)26(3)4)28-14-12-27(13-15-28)16(2)20(21,22)23;/h6-9,16H,5,10-15H2,1-4H3,(H,24,25);1H. The molecule has 166 valence electrons. The van der Waals surface area contributed by atoms with Gasteiger partial charge in [-0.15, -0.1) is 24.0 Å². The Bertz CT molecular complexity index is 626. The van der Waals surface area contributed by atoms with Gasteiger partial charge in [0.25, 0.3) is 0 Å². The summed E-state index contributed by atoms with van der Waals surface area (Å²) in [6, 6.07) is 6.99. The van der Waals surface area contributed by atoms with E-state index < -0.39 is 12.2 Å². The highest BCUT2D eigenvalue weighted by Crippen LogP contribution is 2.25. The van der Waals surface area contributed by atoms with Crippen molar-refractivity contribution in [3.8, 4) is 0 Å². The van der Waals surface area contributed by atoms with E-state index in [1.54, 1.807) is 0 Å². The Balaban J connectivity index is 0.00000420. The Labute approximate surface area is 189 Å². The first-order chi connectivity index (χ1) is 13.2. The SMILES string of the molecule is CCNC(=NCCc1ccc(N(C)C)cc1)N1CCN(C(C)C(F)(F)F)CC1.I. The van der Waals surface area contributed by atoms with Gasteiger partial charge in [-0.1, -0.05) is 12.1 Å². The van der Waals surface area contributed by atoms with Crippen LogP contribution in [0.2, 0.25) is 0 Å². The van der Waals surface area contributed by atoms with Crippen molar-refractivity contribution >= 4 is 35.6 Å². The topological polar surface area (TPSA) is 34.1 Å².